The zero-order valence-electron chi connectivity index (χ0n) is 9.64. The third kappa shape index (κ3) is 3.33. The van der Waals surface area contributed by atoms with Crippen molar-refractivity contribution in [2.75, 3.05) is 12.9 Å². The molecule has 0 unspecified atom stereocenters. The van der Waals surface area contributed by atoms with Crippen molar-refractivity contribution < 1.29 is 14.3 Å². The first-order chi connectivity index (χ1) is 8.20. The molecular weight excluding hydrogens is 236 g/mol. The Kier molecular flexibility index (Phi) is 3.84. The summed E-state index contributed by atoms with van der Waals surface area (Å²) < 4.78 is 4.56. The Balaban J connectivity index is 1.93. The maximum Gasteiger partial charge on any atom is 0.315 e. The summed E-state index contributed by atoms with van der Waals surface area (Å²) in [5.41, 5.74) is 0.773. The van der Waals surface area contributed by atoms with E-state index < -0.39 is 0 Å². The van der Waals surface area contributed by atoms with Gasteiger partial charge in [0.25, 0.3) is 0 Å². The van der Waals surface area contributed by atoms with Gasteiger partial charge in [0.2, 0.25) is 0 Å². The third-order valence-corrected chi connectivity index (χ3v) is 3.66. The average Bonchev–Trinajstić information content (AvgIpc) is 3.20. The Morgan fingerprint density at radius 2 is 1.94 bits per heavy atom. The maximum absolute atomic E-state index is 11.7. The van der Waals surface area contributed by atoms with Gasteiger partial charge in [0, 0.05) is 16.4 Å². The van der Waals surface area contributed by atoms with Crippen LogP contribution in [-0.4, -0.2) is 24.6 Å². The van der Waals surface area contributed by atoms with Crippen LogP contribution in [0.3, 0.4) is 0 Å². The van der Waals surface area contributed by atoms with E-state index in [4.69, 9.17) is 0 Å². The molecule has 1 saturated carbocycles. The van der Waals surface area contributed by atoms with Crippen LogP contribution < -0.4 is 0 Å². The minimum absolute atomic E-state index is 0.242. The Hall–Kier alpha value is -1.29. The van der Waals surface area contributed by atoms with Gasteiger partial charge in [0.1, 0.15) is 0 Å². The van der Waals surface area contributed by atoms with E-state index in [9.17, 15) is 9.59 Å². The summed E-state index contributed by atoms with van der Waals surface area (Å²) in [7, 11) is 1.38. The summed E-state index contributed by atoms with van der Waals surface area (Å²) >= 11 is 1.41. The van der Waals surface area contributed by atoms with E-state index in [-0.39, 0.29) is 17.7 Å². The molecule has 0 heterocycles. The number of ketones is 1. The van der Waals surface area contributed by atoms with Crippen LogP contribution in [0.1, 0.15) is 23.2 Å². The fraction of sp³-hybridized carbons (Fsp3) is 0.385. The Bertz CT molecular complexity index is 421. The van der Waals surface area contributed by atoms with Crippen molar-refractivity contribution in [1.82, 2.24) is 0 Å². The summed E-state index contributed by atoms with van der Waals surface area (Å²) in [6.45, 7) is 0. The van der Waals surface area contributed by atoms with E-state index >= 15 is 0 Å². The van der Waals surface area contributed by atoms with E-state index in [2.05, 4.69) is 4.74 Å². The first-order valence-corrected chi connectivity index (χ1v) is 6.53. The molecule has 1 aromatic carbocycles. The number of methoxy groups -OCH3 is 1. The first-order valence-electron chi connectivity index (χ1n) is 5.54. The Morgan fingerprint density at radius 1 is 1.29 bits per heavy atom. The highest BCUT2D eigenvalue weighted by molar-refractivity contribution is 8.00. The highest BCUT2D eigenvalue weighted by Crippen LogP contribution is 2.33. The van der Waals surface area contributed by atoms with Gasteiger partial charge in [-0.2, -0.15) is 0 Å². The third-order valence-electron chi connectivity index (χ3n) is 2.67. The zero-order valence-corrected chi connectivity index (χ0v) is 10.5. The van der Waals surface area contributed by atoms with Gasteiger partial charge in [-0.25, -0.2) is 0 Å². The molecule has 1 aliphatic rings. The molecule has 1 aromatic rings. The monoisotopic (exact) mass is 250 g/mol. The largest absolute Gasteiger partial charge is 0.468 e. The van der Waals surface area contributed by atoms with Crippen molar-refractivity contribution in [3.05, 3.63) is 29.8 Å². The average molecular weight is 250 g/mol. The maximum atomic E-state index is 11.7. The van der Waals surface area contributed by atoms with Crippen LogP contribution in [0.25, 0.3) is 0 Å². The second kappa shape index (κ2) is 5.36. The number of rotatable bonds is 5. The van der Waals surface area contributed by atoms with Crippen LogP contribution in [0.4, 0.5) is 0 Å². The van der Waals surface area contributed by atoms with Gasteiger partial charge in [0.05, 0.1) is 12.9 Å². The van der Waals surface area contributed by atoms with Crippen LogP contribution in [0.2, 0.25) is 0 Å². The molecule has 3 nitrogen and oxygen atoms in total. The van der Waals surface area contributed by atoms with Crippen molar-refractivity contribution >= 4 is 23.5 Å². The van der Waals surface area contributed by atoms with Gasteiger partial charge in [0.15, 0.2) is 5.78 Å². The highest BCUT2D eigenvalue weighted by Gasteiger charge is 2.30. The van der Waals surface area contributed by atoms with Gasteiger partial charge in [-0.3, -0.25) is 9.59 Å². The van der Waals surface area contributed by atoms with E-state index in [1.54, 1.807) is 0 Å². The number of carbonyl (C=O) groups excluding carboxylic acids is 2. The lowest BCUT2D eigenvalue weighted by molar-refractivity contribution is -0.137. The fourth-order valence-electron chi connectivity index (χ4n) is 1.50. The van der Waals surface area contributed by atoms with Gasteiger partial charge >= 0.3 is 5.97 Å². The molecule has 0 saturated heterocycles. The van der Waals surface area contributed by atoms with Crippen LogP contribution >= 0.6 is 11.8 Å². The summed E-state index contributed by atoms with van der Waals surface area (Å²) in [6, 6.07) is 7.42. The van der Waals surface area contributed by atoms with Crippen molar-refractivity contribution in [1.29, 1.82) is 0 Å². The summed E-state index contributed by atoms with van der Waals surface area (Å²) in [5, 5.41) is 0. The molecule has 4 heteroatoms. The normalized spacial score (nSPS) is 14.4. The van der Waals surface area contributed by atoms with Gasteiger partial charge < -0.3 is 4.74 Å². The number of thioether (sulfide) groups is 1. The zero-order chi connectivity index (χ0) is 12.3. The van der Waals surface area contributed by atoms with Crippen LogP contribution in [0.15, 0.2) is 29.2 Å². The number of benzene rings is 1. The lowest BCUT2D eigenvalue weighted by atomic mass is 10.1. The topological polar surface area (TPSA) is 43.4 Å². The van der Waals surface area contributed by atoms with E-state index in [0.717, 1.165) is 23.3 Å². The number of ether oxygens (including phenoxy) is 1. The molecular formula is C13H14O3S. The van der Waals surface area contributed by atoms with Crippen molar-refractivity contribution in [3.8, 4) is 0 Å². The SMILES string of the molecule is COC(=O)CSc1ccc(C(=O)C2CC2)cc1. The van der Waals surface area contributed by atoms with E-state index in [0.29, 0.717) is 5.75 Å². The summed E-state index contributed by atoms with van der Waals surface area (Å²) in [6.07, 6.45) is 2.05. The fourth-order valence-corrected chi connectivity index (χ4v) is 2.23. The second-order valence-electron chi connectivity index (χ2n) is 4.03. The molecule has 0 aromatic heterocycles. The summed E-state index contributed by atoms with van der Waals surface area (Å²) in [4.78, 5) is 23.7. The smallest absolute Gasteiger partial charge is 0.315 e. The predicted molar refractivity (Wildman–Crippen MR) is 66.2 cm³/mol. The molecule has 0 atom stereocenters. The number of Topliss-reactive ketones (excluding diaryl/α,β-unsaturated/α-hetero) is 1. The molecule has 0 aliphatic heterocycles. The number of hydrogen-bond donors (Lipinski definition) is 0. The van der Waals surface area contributed by atoms with Crippen LogP contribution in [-0.2, 0) is 9.53 Å². The minimum atomic E-state index is -0.242. The number of esters is 1. The van der Waals surface area contributed by atoms with Crippen molar-refractivity contribution in [3.63, 3.8) is 0 Å². The summed E-state index contributed by atoms with van der Waals surface area (Å²) in [5.74, 6) is 0.554. The van der Waals surface area contributed by atoms with Gasteiger partial charge in [-0.15, -0.1) is 11.8 Å². The van der Waals surface area contributed by atoms with E-state index in [1.807, 2.05) is 24.3 Å². The molecule has 0 N–H and O–H groups in total. The molecule has 1 fully saturated rings. The van der Waals surface area contributed by atoms with Crippen LogP contribution in [0.5, 0.6) is 0 Å². The molecule has 90 valence electrons. The molecule has 2 rings (SSSR count). The van der Waals surface area contributed by atoms with Crippen molar-refractivity contribution in [2.45, 2.75) is 17.7 Å². The molecule has 1 aliphatic carbocycles. The predicted octanol–water partition coefficient (Wildman–Crippen LogP) is 2.54. The Labute approximate surface area is 105 Å². The Morgan fingerprint density at radius 3 is 2.47 bits per heavy atom. The molecule has 0 amide bonds. The standard InChI is InChI=1S/C13H14O3S/c1-16-12(14)8-17-11-6-4-10(5-7-11)13(15)9-2-3-9/h4-7,9H,2-3,8H2,1H3. The van der Waals surface area contributed by atoms with Crippen molar-refractivity contribution in [2.24, 2.45) is 5.92 Å². The lowest BCUT2D eigenvalue weighted by Gasteiger charge is -2.02. The molecule has 0 bridgehead atoms. The first kappa shape index (κ1) is 12.2. The lowest BCUT2D eigenvalue weighted by Crippen LogP contribution is -2.03. The highest BCUT2D eigenvalue weighted by atomic mass is 32.2. The van der Waals surface area contributed by atoms with E-state index in [1.165, 1.54) is 18.9 Å². The molecule has 17 heavy (non-hydrogen) atoms. The number of carbonyl (C=O) groups is 2. The molecule has 0 spiro atoms. The van der Waals surface area contributed by atoms with Gasteiger partial charge in [-0.05, 0) is 25.0 Å². The quantitative estimate of drug-likeness (QED) is 0.457. The van der Waals surface area contributed by atoms with Crippen LogP contribution in [0, 0.1) is 5.92 Å². The second-order valence-corrected chi connectivity index (χ2v) is 5.08. The minimum Gasteiger partial charge on any atom is -0.468 e. The number of hydrogen-bond acceptors (Lipinski definition) is 4. The molecule has 0 radical (unpaired) electrons. The van der Waals surface area contributed by atoms with Gasteiger partial charge in [-0.1, -0.05) is 12.1 Å².